The van der Waals surface area contributed by atoms with Gasteiger partial charge in [0.05, 0.1) is 17.2 Å². The monoisotopic (exact) mass is 453 g/mol. The molecular formula is C24H23ClN2O3P+. The highest BCUT2D eigenvalue weighted by atomic mass is 35.5. The van der Waals surface area contributed by atoms with Crippen molar-refractivity contribution in [3.8, 4) is 11.8 Å². The van der Waals surface area contributed by atoms with Crippen molar-refractivity contribution in [3.05, 3.63) is 88.9 Å². The largest absolute Gasteiger partial charge is 0.484 e. The average Bonchev–Trinajstić information content (AvgIpc) is 2.77. The van der Waals surface area contributed by atoms with Gasteiger partial charge in [-0.1, -0.05) is 35.9 Å². The van der Waals surface area contributed by atoms with Gasteiger partial charge in [0.2, 0.25) is 8.61 Å². The second kappa shape index (κ2) is 8.15. The molecule has 0 radical (unpaired) electrons. The lowest BCUT2D eigenvalue weighted by molar-refractivity contribution is -0.0720. The van der Waals surface area contributed by atoms with Gasteiger partial charge in [0.1, 0.15) is 22.7 Å². The Labute approximate surface area is 187 Å². The van der Waals surface area contributed by atoms with E-state index in [1.807, 2.05) is 56.3 Å². The highest BCUT2D eigenvalue weighted by molar-refractivity contribution is 7.24. The van der Waals surface area contributed by atoms with Crippen molar-refractivity contribution < 1.29 is 14.4 Å². The molecule has 4 atom stereocenters. The smallest absolute Gasteiger partial charge is 0.237 e. The zero-order valence-corrected chi connectivity index (χ0v) is 19.1. The fourth-order valence-electron chi connectivity index (χ4n) is 4.32. The van der Waals surface area contributed by atoms with Gasteiger partial charge in [0.15, 0.2) is 12.1 Å². The zero-order chi connectivity index (χ0) is 22.2. The lowest BCUT2D eigenvalue weighted by Crippen LogP contribution is -2.57. The fourth-order valence-corrected chi connectivity index (χ4v) is 5.53. The number of fused-ring (bicyclic) bond motifs is 1. The van der Waals surface area contributed by atoms with Crippen LogP contribution in [0.15, 0.2) is 72.8 Å². The molecule has 31 heavy (non-hydrogen) atoms. The number of rotatable bonds is 4. The summed E-state index contributed by atoms with van der Waals surface area (Å²) in [7, 11) is -1.52. The van der Waals surface area contributed by atoms with Crippen molar-refractivity contribution in [2.45, 2.75) is 31.6 Å². The number of aliphatic hydroxyl groups excluding tert-OH is 1. The number of hydrogen-bond donors (Lipinski definition) is 1. The Kier molecular flexibility index (Phi) is 5.68. The van der Waals surface area contributed by atoms with Crippen LogP contribution in [0.5, 0.6) is 5.75 Å². The summed E-state index contributed by atoms with van der Waals surface area (Å²) >= 11 is 6.34. The molecule has 7 heteroatoms. The second-order valence-corrected chi connectivity index (χ2v) is 9.62. The normalized spacial score (nSPS) is 21.6. The van der Waals surface area contributed by atoms with Gasteiger partial charge >= 0.3 is 0 Å². The SMILES string of the molecule is CC1(C)Oc2ccc(C#N)cc2[C@@H]([N+]([PH2]=O)(c2ccccc2)c2cccc(Cl)c2)[C@@H]1O. The molecule has 0 bridgehead atoms. The minimum atomic E-state index is -1.52. The fraction of sp³-hybridized carbons (Fsp3) is 0.208. The van der Waals surface area contributed by atoms with Gasteiger partial charge < -0.3 is 9.84 Å². The number of hydrogen-bond acceptors (Lipinski definition) is 4. The third kappa shape index (κ3) is 3.56. The molecule has 3 aromatic carbocycles. The molecule has 158 valence electrons. The van der Waals surface area contributed by atoms with Gasteiger partial charge in [-0.15, -0.1) is 0 Å². The second-order valence-electron chi connectivity index (χ2n) is 8.16. The third-order valence-electron chi connectivity index (χ3n) is 5.87. The van der Waals surface area contributed by atoms with Crippen LogP contribution in [-0.4, -0.2) is 16.8 Å². The summed E-state index contributed by atoms with van der Waals surface area (Å²) in [6.07, 6.45) is -1.02. The summed E-state index contributed by atoms with van der Waals surface area (Å²) in [6.45, 7) is 3.62. The molecule has 1 aliphatic rings. The Morgan fingerprint density at radius 2 is 1.77 bits per heavy atom. The maximum atomic E-state index is 13.3. The lowest BCUT2D eigenvalue weighted by atomic mass is 9.84. The topological polar surface area (TPSA) is 70.3 Å². The Bertz CT molecular complexity index is 1180. The van der Waals surface area contributed by atoms with Crippen LogP contribution in [0.25, 0.3) is 0 Å². The van der Waals surface area contributed by atoms with E-state index in [0.717, 1.165) is 5.69 Å². The number of benzene rings is 3. The van der Waals surface area contributed by atoms with Gasteiger partial charge in [-0.25, -0.2) is 4.25 Å². The molecule has 1 N–H and O–H groups in total. The summed E-state index contributed by atoms with van der Waals surface area (Å²) in [4.78, 5) is 0. The molecular weight excluding hydrogens is 431 g/mol. The molecule has 2 unspecified atom stereocenters. The summed E-state index contributed by atoms with van der Waals surface area (Å²) < 4.78 is 19.3. The van der Waals surface area contributed by atoms with Crippen molar-refractivity contribution in [1.82, 2.24) is 4.25 Å². The molecule has 0 aliphatic carbocycles. The molecule has 0 fully saturated rings. The van der Waals surface area contributed by atoms with E-state index >= 15 is 0 Å². The molecule has 3 aromatic rings. The Balaban J connectivity index is 2.10. The quantitative estimate of drug-likeness (QED) is 0.507. The molecule has 1 heterocycles. The van der Waals surface area contributed by atoms with Gasteiger partial charge in [0.25, 0.3) is 0 Å². The van der Waals surface area contributed by atoms with E-state index in [0.29, 0.717) is 27.6 Å². The van der Waals surface area contributed by atoms with Crippen molar-refractivity contribution in [3.63, 3.8) is 0 Å². The summed E-state index contributed by atoms with van der Waals surface area (Å²) in [5.41, 5.74) is 1.58. The highest BCUT2D eigenvalue weighted by Crippen LogP contribution is 2.56. The molecule has 0 amide bonds. The first-order valence-corrected chi connectivity index (χ1v) is 11.3. The number of nitrogens with zero attached hydrogens (tertiary/aromatic N) is 2. The van der Waals surface area contributed by atoms with Crippen molar-refractivity contribution >= 4 is 31.6 Å². The Morgan fingerprint density at radius 1 is 1.06 bits per heavy atom. The van der Waals surface area contributed by atoms with E-state index in [1.54, 1.807) is 30.3 Å². The number of quaternary nitrogens is 1. The zero-order valence-electron chi connectivity index (χ0n) is 17.2. The summed E-state index contributed by atoms with van der Waals surface area (Å²) in [6, 6.07) is 23.3. The van der Waals surface area contributed by atoms with Gasteiger partial charge in [-0.3, -0.25) is 4.57 Å². The number of halogens is 1. The third-order valence-corrected chi connectivity index (χ3v) is 7.35. The minimum Gasteiger partial charge on any atom is -0.484 e. The average molecular weight is 454 g/mol. The Morgan fingerprint density at radius 3 is 2.42 bits per heavy atom. The van der Waals surface area contributed by atoms with E-state index < -0.39 is 26.4 Å². The first kappa shape index (κ1) is 21.6. The van der Waals surface area contributed by atoms with Gasteiger partial charge in [0, 0.05) is 11.1 Å². The lowest BCUT2D eigenvalue weighted by Gasteiger charge is -2.49. The van der Waals surface area contributed by atoms with Crippen LogP contribution in [0, 0.1) is 11.3 Å². The molecule has 4 rings (SSSR count). The van der Waals surface area contributed by atoms with Crippen LogP contribution < -0.4 is 8.99 Å². The van der Waals surface area contributed by atoms with Crippen LogP contribution in [-0.2, 0) is 4.57 Å². The number of para-hydroxylation sites is 1. The van der Waals surface area contributed by atoms with E-state index in [9.17, 15) is 14.9 Å². The van der Waals surface area contributed by atoms with Crippen molar-refractivity contribution in [1.29, 1.82) is 5.26 Å². The van der Waals surface area contributed by atoms with Crippen LogP contribution >= 0.6 is 20.2 Å². The van der Waals surface area contributed by atoms with Crippen molar-refractivity contribution in [2.75, 3.05) is 0 Å². The summed E-state index contributed by atoms with van der Waals surface area (Å²) in [5, 5.41) is 21.6. The van der Waals surface area contributed by atoms with Gasteiger partial charge in [-0.05, 0) is 56.3 Å². The Hall–Kier alpha value is -2.61. The standard InChI is InChI=1S/C24H23ClN2O3P/c1-24(2)23(28)22(20-13-16(15-26)11-12-21(20)30-24)27(31-29,18-8-4-3-5-9-18)19-10-6-7-17(25)14-19/h3-14,22-23,28H,31H2,1-2H3/q+1/t22-,23+,27?/m1/s1. The predicted molar refractivity (Wildman–Crippen MR) is 124 cm³/mol. The summed E-state index contributed by atoms with van der Waals surface area (Å²) in [5.74, 6) is 0.563. The first-order valence-electron chi connectivity index (χ1n) is 9.91. The maximum absolute atomic E-state index is 13.3. The van der Waals surface area contributed by atoms with Crippen LogP contribution in [0.4, 0.5) is 11.4 Å². The van der Waals surface area contributed by atoms with Crippen molar-refractivity contribution in [2.24, 2.45) is 0 Å². The van der Waals surface area contributed by atoms with E-state index in [1.165, 1.54) is 0 Å². The predicted octanol–water partition coefficient (Wildman–Crippen LogP) is 5.80. The van der Waals surface area contributed by atoms with Crippen LogP contribution in [0.3, 0.4) is 0 Å². The number of nitriles is 1. The molecule has 0 saturated carbocycles. The number of ether oxygens (including phenoxy) is 1. The van der Waals surface area contributed by atoms with E-state index in [2.05, 4.69) is 6.07 Å². The molecule has 0 spiro atoms. The minimum absolute atomic E-state index is 0.128. The molecule has 0 aromatic heterocycles. The first-order chi connectivity index (χ1) is 14.8. The van der Waals surface area contributed by atoms with Crippen LogP contribution in [0.2, 0.25) is 5.02 Å². The highest BCUT2D eigenvalue weighted by Gasteiger charge is 2.55. The van der Waals surface area contributed by atoms with E-state index in [4.69, 9.17) is 16.3 Å². The maximum Gasteiger partial charge on any atom is 0.237 e. The molecule has 0 saturated heterocycles. The molecule has 5 nitrogen and oxygen atoms in total. The van der Waals surface area contributed by atoms with Crippen LogP contribution in [0.1, 0.15) is 31.0 Å². The number of aliphatic hydroxyl groups is 1. The van der Waals surface area contributed by atoms with E-state index in [-0.39, 0.29) is 4.25 Å². The van der Waals surface area contributed by atoms with Gasteiger partial charge in [-0.2, -0.15) is 5.26 Å². The molecule has 1 aliphatic heterocycles.